The Morgan fingerprint density at radius 1 is 1.25 bits per heavy atom. The fraction of sp³-hybridized carbons (Fsp3) is 0.250. The van der Waals surface area contributed by atoms with Gasteiger partial charge in [-0.3, -0.25) is 4.40 Å². The maximum Gasteiger partial charge on any atom is 0.433 e. The van der Waals surface area contributed by atoms with Crippen molar-refractivity contribution in [1.82, 2.24) is 14.4 Å². The molecule has 0 saturated carbocycles. The van der Waals surface area contributed by atoms with Crippen molar-refractivity contribution in [2.24, 2.45) is 0 Å². The van der Waals surface area contributed by atoms with E-state index in [1.165, 1.54) is 4.40 Å². The number of hydrogen-bond acceptors (Lipinski definition) is 2. The van der Waals surface area contributed by atoms with Gasteiger partial charge >= 0.3 is 6.18 Å². The summed E-state index contributed by atoms with van der Waals surface area (Å²) in [6.45, 7) is 1.59. The van der Waals surface area contributed by atoms with Gasteiger partial charge in [-0.25, -0.2) is 4.98 Å². The Bertz CT molecular complexity index is 562. The van der Waals surface area contributed by atoms with Crippen LogP contribution < -0.4 is 0 Å². The summed E-state index contributed by atoms with van der Waals surface area (Å²) in [5.41, 5.74) is -0.644. The molecule has 2 heterocycles. The minimum absolute atomic E-state index is 0.0775. The second-order valence-corrected chi connectivity index (χ2v) is 3.83. The summed E-state index contributed by atoms with van der Waals surface area (Å²) in [7, 11) is 0. The summed E-state index contributed by atoms with van der Waals surface area (Å²) in [5, 5.41) is -0.0528. The first-order valence-electron chi connectivity index (χ1n) is 4.09. The van der Waals surface area contributed by atoms with Gasteiger partial charge < -0.3 is 0 Å². The molecule has 0 saturated heterocycles. The number of hydrogen-bond donors (Lipinski definition) is 0. The van der Waals surface area contributed by atoms with Crippen LogP contribution in [0.1, 0.15) is 11.4 Å². The highest BCUT2D eigenvalue weighted by atomic mass is 35.5. The Kier molecular flexibility index (Phi) is 2.51. The van der Waals surface area contributed by atoms with E-state index in [-0.39, 0.29) is 16.1 Å². The molecule has 8 heteroatoms. The first kappa shape index (κ1) is 11.5. The summed E-state index contributed by atoms with van der Waals surface area (Å²) in [5.74, 6) is -0.165. The maximum absolute atomic E-state index is 12.4. The third-order valence-corrected chi connectivity index (χ3v) is 2.65. The van der Waals surface area contributed by atoms with Crippen molar-refractivity contribution in [2.45, 2.75) is 13.1 Å². The number of fused-ring (bicyclic) bond motifs is 1. The van der Waals surface area contributed by atoms with Gasteiger partial charge in [0.15, 0.2) is 10.8 Å². The molecular formula is C8H4Cl2F3N3. The Hall–Kier alpha value is -1.01. The van der Waals surface area contributed by atoms with Crippen molar-refractivity contribution in [3.05, 3.63) is 27.8 Å². The molecule has 0 aliphatic heterocycles. The molecular weight excluding hydrogens is 266 g/mol. The summed E-state index contributed by atoms with van der Waals surface area (Å²) < 4.78 is 38.5. The van der Waals surface area contributed by atoms with Crippen LogP contribution in [0.15, 0.2) is 6.07 Å². The average Bonchev–Trinajstić information content (AvgIpc) is 2.41. The van der Waals surface area contributed by atoms with Gasteiger partial charge in [0.05, 0.1) is 5.69 Å². The standard InChI is InChI=1S/C8H4Cl2F3N3/c1-3-6(10)15-7-14-4(8(11,12)13)2-5(9)16(3)7/h2H,1H3. The van der Waals surface area contributed by atoms with Crippen molar-refractivity contribution in [3.63, 3.8) is 0 Å². The normalized spacial score (nSPS) is 12.4. The van der Waals surface area contributed by atoms with Crippen LogP contribution in [0.5, 0.6) is 0 Å². The predicted octanol–water partition coefficient (Wildman–Crippen LogP) is 3.36. The molecule has 2 aromatic heterocycles. The monoisotopic (exact) mass is 269 g/mol. The highest BCUT2D eigenvalue weighted by molar-refractivity contribution is 6.31. The zero-order chi connectivity index (χ0) is 12.1. The van der Waals surface area contributed by atoms with Gasteiger partial charge in [-0.05, 0) is 6.92 Å². The summed E-state index contributed by atoms with van der Waals surface area (Å²) in [4.78, 5) is 7.03. The van der Waals surface area contributed by atoms with E-state index in [0.29, 0.717) is 5.69 Å². The predicted molar refractivity (Wildman–Crippen MR) is 52.7 cm³/mol. The van der Waals surface area contributed by atoms with Crippen molar-refractivity contribution in [1.29, 1.82) is 0 Å². The van der Waals surface area contributed by atoms with Gasteiger partial charge in [-0.15, -0.1) is 0 Å². The first-order valence-corrected chi connectivity index (χ1v) is 4.84. The van der Waals surface area contributed by atoms with Crippen LogP contribution >= 0.6 is 23.2 Å². The van der Waals surface area contributed by atoms with Crippen molar-refractivity contribution < 1.29 is 13.2 Å². The van der Waals surface area contributed by atoms with Gasteiger partial charge in [0.2, 0.25) is 5.78 Å². The lowest BCUT2D eigenvalue weighted by Gasteiger charge is -2.07. The number of aryl methyl sites for hydroxylation is 1. The largest absolute Gasteiger partial charge is 0.433 e. The lowest BCUT2D eigenvalue weighted by Crippen LogP contribution is -2.09. The van der Waals surface area contributed by atoms with Crippen LogP contribution in [0.25, 0.3) is 5.78 Å². The van der Waals surface area contributed by atoms with E-state index in [9.17, 15) is 13.2 Å². The van der Waals surface area contributed by atoms with Crippen molar-refractivity contribution in [2.75, 3.05) is 0 Å². The molecule has 0 unspecified atom stereocenters. The van der Waals surface area contributed by atoms with E-state index in [1.807, 2.05) is 0 Å². The van der Waals surface area contributed by atoms with Gasteiger partial charge in [0.25, 0.3) is 0 Å². The van der Waals surface area contributed by atoms with E-state index >= 15 is 0 Å². The second kappa shape index (κ2) is 3.49. The number of alkyl halides is 3. The quantitative estimate of drug-likeness (QED) is 0.687. The minimum atomic E-state index is -4.56. The lowest BCUT2D eigenvalue weighted by atomic mass is 10.4. The third kappa shape index (κ3) is 1.72. The SMILES string of the molecule is Cc1c(Cl)nc2nc(C(F)(F)F)cc(Cl)n12. The molecule has 0 aliphatic carbocycles. The van der Waals surface area contributed by atoms with Crippen LogP contribution in [0.4, 0.5) is 13.2 Å². The number of nitrogens with zero attached hydrogens (tertiary/aromatic N) is 3. The molecule has 2 rings (SSSR count). The average molecular weight is 270 g/mol. The molecule has 0 radical (unpaired) electrons. The van der Waals surface area contributed by atoms with Crippen LogP contribution in [0, 0.1) is 6.92 Å². The Labute approximate surface area is 97.8 Å². The molecule has 86 valence electrons. The van der Waals surface area contributed by atoms with Gasteiger partial charge in [0, 0.05) is 6.07 Å². The Balaban J connectivity index is 2.79. The smallest absolute Gasteiger partial charge is 0.270 e. The lowest BCUT2D eigenvalue weighted by molar-refractivity contribution is -0.141. The molecule has 0 atom stereocenters. The maximum atomic E-state index is 12.4. The first-order chi connectivity index (χ1) is 7.30. The zero-order valence-electron chi connectivity index (χ0n) is 7.81. The van der Waals surface area contributed by atoms with Crippen LogP contribution in [0.2, 0.25) is 10.3 Å². The van der Waals surface area contributed by atoms with Crippen molar-refractivity contribution >= 4 is 29.0 Å². The highest BCUT2D eigenvalue weighted by Crippen LogP contribution is 2.31. The molecule has 0 bridgehead atoms. The highest BCUT2D eigenvalue weighted by Gasteiger charge is 2.34. The topological polar surface area (TPSA) is 30.2 Å². The van der Waals surface area contributed by atoms with E-state index in [2.05, 4.69) is 9.97 Å². The van der Waals surface area contributed by atoms with Crippen LogP contribution in [-0.4, -0.2) is 14.4 Å². The fourth-order valence-corrected chi connectivity index (χ4v) is 1.72. The number of imidazole rings is 1. The Morgan fingerprint density at radius 2 is 1.88 bits per heavy atom. The van der Waals surface area contributed by atoms with Gasteiger partial charge in [-0.2, -0.15) is 18.2 Å². The van der Waals surface area contributed by atoms with E-state index in [1.54, 1.807) is 6.92 Å². The van der Waals surface area contributed by atoms with E-state index in [0.717, 1.165) is 6.07 Å². The van der Waals surface area contributed by atoms with Crippen LogP contribution in [-0.2, 0) is 6.18 Å². The molecule has 3 nitrogen and oxygen atoms in total. The van der Waals surface area contributed by atoms with Crippen molar-refractivity contribution in [3.8, 4) is 0 Å². The molecule has 0 aromatic carbocycles. The number of halogens is 5. The van der Waals surface area contributed by atoms with Gasteiger partial charge in [-0.1, -0.05) is 23.2 Å². The van der Waals surface area contributed by atoms with E-state index < -0.39 is 11.9 Å². The Morgan fingerprint density at radius 3 is 2.44 bits per heavy atom. The van der Waals surface area contributed by atoms with Gasteiger partial charge in [0.1, 0.15) is 5.15 Å². The second-order valence-electron chi connectivity index (χ2n) is 3.09. The third-order valence-electron chi connectivity index (χ3n) is 2.01. The molecule has 2 aromatic rings. The molecule has 0 aliphatic rings. The summed E-state index contributed by atoms with van der Waals surface area (Å²) >= 11 is 11.4. The molecule has 16 heavy (non-hydrogen) atoms. The summed E-state index contributed by atoms with van der Waals surface area (Å²) in [6, 6.07) is 0.736. The molecule has 0 amide bonds. The molecule has 0 fully saturated rings. The molecule has 0 spiro atoms. The number of rotatable bonds is 0. The summed E-state index contributed by atoms with van der Waals surface area (Å²) in [6.07, 6.45) is -4.56. The molecule has 0 N–H and O–H groups in total. The fourth-order valence-electron chi connectivity index (χ4n) is 1.25. The number of aromatic nitrogens is 3. The zero-order valence-corrected chi connectivity index (χ0v) is 9.32. The van der Waals surface area contributed by atoms with E-state index in [4.69, 9.17) is 23.2 Å². The minimum Gasteiger partial charge on any atom is -0.270 e. The van der Waals surface area contributed by atoms with Crippen LogP contribution in [0.3, 0.4) is 0 Å².